The van der Waals surface area contributed by atoms with E-state index in [4.69, 9.17) is 9.97 Å². The fourth-order valence-electron chi connectivity index (χ4n) is 5.53. The minimum Gasteiger partial charge on any atom is -0.352 e. The summed E-state index contributed by atoms with van der Waals surface area (Å²) in [7, 11) is 0. The highest BCUT2D eigenvalue weighted by molar-refractivity contribution is 6.08. The number of hydrogen-bond donors (Lipinski definition) is 2. The van der Waals surface area contributed by atoms with Gasteiger partial charge in [0, 0.05) is 35.0 Å². The monoisotopic (exact) mass is 592 g/mol. The Balaban J connectivity index is 1.12. The topological polar surface area (TPSA) is 84.0 Å². The van der Waals surface area contributed by atoms with E-state index in [1.807, 2.05) is 60.7 Å². The quantitative estimate of drug-likeness (QED) is 0.159. The van der Waals surface area contributed by atoms with Crippen molar-refractivity contribution in [1.29, 1.82) is 0 Å². The van der Waals surface area contributed by atoms with Crippen molar-refractivity contribution >= 4 is 33.6 Å². The molecule has 224 valence electrons. The van der Waals surface area contributed by atoms with Crippen LogP contribution in [0.15, 0.2) is 109 Å². The maximum atomic E-state index is 13.4. The lowest BCUT2D eigenvalue weighted by Crippen LogP contribution is -2.30. The van der Waals surface area contributed by atoms with E-state index in [2.05, 4.69) is 73.0 Å². The minimum absolute atomic E-state index is 0.162. The molecule has 0 saturated carbocycles. The number of para-hydroxylation sites is 2. The second kappa shape index (κ2) is 13.5. The summed E-state index contributed by atoms with van der Waals surface area (Å²) in [5, 5.41) is 7.70. The number of aryl methyl sites for hydroxylation is 2. The molecule has 0 fully saturated rings. The molecular formula is C39H36N4O2. The van der Waals surface area contributed by atoms with Crippen LogP contribution in [0.5, 0.6) is 0 Å². The van der Waals surface area contributed by atoms with Gasteiger partial charge < -0.3 is 10.6 Å². The molecule has 2 amide bonds. The van der Waals surface area contributed by atoms with Crippen LogP contribution in [0.3, 0.4) is 0 Å². The van der Waals surface area contributed by atoms with E-state index in [1.165, 1.54) is 11.1 Å². The lowest BCUT2D eigenvalue weighted by atomic mass is 10.0. The number of amides is 2. The molecule has 0 unspecified atom stereocenters. The Morgan fingerprint density at radius 2 is 0.956 bits per heavy atom. The molecule has 6 rings (SSSR count). The Morgan fingerprint density at radius 1 is 0.556 bits per heavy atom. The highest BCUT2D eigenvalue weighted by atomic mass is 16.2. The Labute approximate surface area is 263 Å². The van der Waals surface area contributed by atoms with E-state index in [0.717, 1.165) is 57.2 Å². The lowest BCUT2D eigenvalue weighted by Gasteiger charge is -2.12. The summed E-state index contributed by atoms with van der Waals surface area (Å²) >= 11 is 0. The molecule has 0 saturated heterocycles. The second-order valence-electron chi connectivity index (χ2n) is 11.1. The Kier molecular flexibility index (Phi) is 8.92. The number of fused-ring (bicyclic) bond motifs is 2. The molecule has 6 aromatic rings. The van der Waals surface area contributed by atoms with Gasteiger partial charge in [0.25, 0.3) is 11.8 Å². The summed E-state index contributed by atoms with van der Waals surface area (Å²) in [6.07, 6.45) is 2.51. The van der Waals surface area contributed by atoms with Crippen LogP contribution in [0.2, 0.25) is 0 Å². The number of rotatable bonds is 10. The first-order chi connectivity index (χ1) is 22.0. The van der Waals surface area contributed by atoms with Gasteiger partial charge in [-0.2, -0.15) is 0 Å². The van der Waals surface area contributed by atoms with Crippen molar-refractivity contribution < 1.29 is 9.59 Å². The molecule has 2 N–H and O–H groups in total. The molecule has 0 atom stereocenters. The average molecular weight is 593 g/mol. The lowest BCUT2D eigenvalue weighted by molar-refractivity contribution is 0.0953. The Bertz CT molecular complexity index is 1840. The minimum atomic E-state index is -0.162. The van der Waals surface area contributed by atoms with Crippen LogP contribution in [-0.4, -0.2) is 34.9 Å². The fourth-order valence-corrected chi connectivity index (χ4v) is 5.53. The van der Waals surface area contributed by atoms with Gasteiger partial charge >= 0.3 is 0 Å². The first-order valence-corrected chi connectivity index (χ1v) is 15.6. The zero-order valence-corrected chi connectivity index (χ0v) is 25.6. The molecule has 4 aromatic carbocycles. The molecule has 45 heavy (non-hydrogen) atoms. The predicted octanol–water partition coefficient (Wildman–Crippen LogP) is 7.79. The Hall–Kier alpha value is -5.36. The summed E-state index contributed by atoms with van der Waals surface area (Å²) in [6, 6.07) is 35.7. The molecular weight excluding hydrogens is 556 g/mol. The average Bonchev–Trinajstić information content (AvgIpc) is 3.10. The van der Waals surface area contributed by atoms with Gasteiger partial charge in [0.1, 0.15) is 0 Å². The Morgan fingerprint density at radius 3 is 1.36 bits per heavy atom. The molecule has 0 aliphatic heterocycles. The molecule has 2 aromatic heterocycles. The standard InChI is InChI=1S/C39H36N4O2/c1-3-26-14-18-28(19-15-26)36-24-32(30-10-5-7-12-34(30)42-36)38(44)40-22-9-23-41-39(45)33-25-37(29-20-16-27(4-2)17-21-29)43-35-13-8-6-11-31(33)35/h5-8,10-21,24-25H,3-4,9,22-23H2,1-2H3,(H,40,44)(H,41,45). The number of pyridine rings is 2. The van der Waals surface area contributed by atoms with Crippen molar-refractivity contribution in [2.24, 2.45) is 0 Å². The summed E-state index contributed by atoms with van der Waals surface area (Å²) in [4.78, 5) is 36.4. The van der Waals surface area contributed by atoms with Gasteiger partial charge in [-0.3, -0.25) is 9.59 Å². The summed E-state index contributed by atoms with van der Waals surface area (Å²) < 4.78 is 0. The van der Waals surface area contributed by atoms with Crippen LogP contribution in [0.1, 0.15) is 52.1 Å². The number of carbonyl (C=O) groups is 2. The van der Waals surface area contributed by atoms with Crippen LogP contribution in [-0.2, 0) is 12.8 Å². The molecule has 0 aliphatic carbocycles. The van der Waals surface area contributed by atoms with Gasteiger partial charge in [-0.1, -0.05) is 98.8 Å². The van der Waals surface area contributed by atoms with E-state index in [-0.39, 0.29) is 11.8 Å². The molecule has 0 aliphatic rings. The van der Waals surface area contributed by atoms with Crippen molar-refractivity contribution in [3.63, 3.8) is 0 Å². The smallest absolute Gasteiger partial charge is 0.252 e. The van der Waals surface area contributed by atoms with Gasteiger partial charge in [0.05, 0.1) is 33.5 Å². The van der Waals surface area contributed by atoms with Crippen LogP contribution in [0.4, 0.5) is 0 Å². The largest absolute Gasteiger partial charge is 0.352 e. The van der Waals surface area contributed by atoms with Crippen LogP contribution in [0, 0.1) is 0 Å². The summed E-state index contributed by atoms with van der Waals surface area (Å²) in [5.74, 6) is -0.324. The van der Waals surface area contributed by atoms with Gasteiger partial charge in [-0.25, -0.2) is 9.97 Å². The molecule has 0 spiro atoms. The molecule has 0 radical (unpaired) electrons. The van der Waals surface area contributed by atoms with Crippen molar-refractivity contribution in [3.05, 3.63) is 131 Å². The fraction of sp³-hybridized carbons (Fsp3) is 0.179. The number of benzene rings is 4. The molecule has 6 heteroatoms. The van der Waals surface area contributed by atoms with E-state index in [0.29, 0.717) is 30.6 Å². The van der Waals surface area contributed by atoms with Gasteiger partial charge in [-0.05, 0) is 54.7 Å². The van der Waals surface area contributed by atoms with Gasteiger partial charge in [0.2, 0.25) is 0 Å². The van der Waals surface area contributed by atoms with Crippen LogP contribution >= 0.6 is 0 Å². The van der Waals surface area contributed by atoms with E-state index in [9.17, 15) is 9.59 Å². The summed E-state index contributed by atoms with van der Waals surface area (Å²) in [5.41, 5.74) is 8.70. The number of hydrogen-bond acceptors (Lipinski definition) is 4. The number of nitrogens with one attached hydrogen (secondary N) is 2. The van der Waals surface area contributed by atoms with E-state index >= 15 is 0 Å². The SMILES string of the molecule is CCc1ccc(-c2cc(C(=O)NCCCNC(=O)c3cc(-c4ccc(CC)cc4)nc4ccccc34)c3ccccc3n2)cc1. The predicted molar refractivity (Wildman–Crippen MR) is 182 cm³/mol. The molecule has 2 heterocycles. The first-order valence-electron chi connectivity index (χ1n) is 15.6. The van der Waals surface area contributed by atoms with Gasteiger partial charge in [0.15, 0.2) is 0 Å². The molecule has 6 nitrogen and oxygen atoms in total. The number of carbonyl (C=O) groups excluding carboxylic acids is 2. The van der Waals surface area contributed by atoms with Gasteiger partial charge in [-0.15, -0.1) is 0 Å². The zero-order valence-electron chi connectivity index (χ0n) is 25.6. The van der Waals surface area contributed by atoms with Crippen molar-refractivity contribution in [1.82, 2.24) is 20.6 Å². The number of aromatic nitrogens is 2. The maximum Gasteiger partial charge on any atom is 0.252 e. The highest BCUT2D eigenvalue weighted by Gasteiger charge is 2.16. The van der Waals surface area contributed by atoms with Crippen molar-refractivity contribution in [2.45, 2.75) is 33.1 Å². The zero-order chi connectivity index (χ0) is 31.2. The first kappa shape index (κ1) is 29.7. The maximum absolute atomic E-state index is 13.4. The normalized spacial score (nSPS) is 11.1. The van der Waals surface area contributed by atoms with E-state index < -0.39 is 0 Å². The van der Waals surface area contributed by atoms with Crippen molar-refractivity contribution in [3.8, 4) is 22.5 Å². The molecule has 0 bridgehead atoms. The number of nitrogens with zero attached hydrogens (tertiary/aromatic N) is 2. The van der Waals surface area contributed by atoms with Crippen molar-refractivity contribution in [2.75, 3.05) is 13.1 Å². The third kappa shape index (κ3) is 6.60. The van der Waals surface area contributed by atoms with Crippen LogP contribution in [0.25, 0.3) is 44.3 Å². The third-order valence-corrected chi connectivity index (χ3v) is 8.16. The van der Waals surface area contributed by atoms with E-state index in [1.54, 1.807) is 0 Å². The summed E-state index contributed by atoms with van der Waals surface area (Å²) in [6.45, 7) is 5.09. The van der Waals surface area contributed by atoms with Crippen LogP contribution < -0.4 is 10.6 Å². The highest BCUT2D eigenvalue weighted by Crippen LogP contribution is 2.27. The third-order valence-electron chi connectivity index (χ3n) is 8.16. The second-order valence-corrected chi connectivity index (χ2v) is 11.1.